The predicted octanol–water partition coefficient (Wildman–Crippen LogP) is 4.10. The first-order chi connectivity index (χ1) is 13.2. The first-order valence-electron chi connectivity index (χ1n) is 9.23. The van der Waals surface area contributed by atoms with Gasteiger partial charge in [-0.15, -0.1) is 0 Å². The van der Waals surface area contributed by atoms with Gasteiger partial charge in [0.25, 0.3) is 0 Å². The predicted molar refractivity (Wildman–Crippen MR) is 111 cm³/mol. The maximum absolute atomic E-state index is 5.27. The third-order valence-electron chi connectivity index (χ3n) is 4.25. The lowest BCUT2D eigenvalue weighted by atomic mass is 10.1. The highest BCUT2D eigenvalue weighted by Gasteiger charge is 2.03. The van der Waals surface area contributed by atoms with Crippen molar-refractivity contribution in [2.24, 2.45) is 0 Å². The second-order valence-corrected chi connectivity index (χ2v) is 6.41. The largest absolute Gasteiger partial charge is 0.497 e. The van der Waals surface area contributed by atoms with E-state index in [0.29, 0.717) is 5.95 Å². The van der Waals surface area contributed by atoms with Gasteiger partial charge in [0.15, 0.2) is 0 Å². The van der Waals surface area contributed by atoms with Crippen LogP contribution >= 0.6 is 0 Å². The zero-order chi connectivity index (χ0) is 18.9. The number of aryl methyl sites for hydroxylation is 1. The maximum atomic E-state index is 5.27. The topological polar surface area (TPSA) is 59.1 Å². The van der Waals surface area contributed by atoms with Gasteiger partial charge in [-0.2, -0.15) is 4.98 Å². The Labute approximate surface area is 160 Å². The lowest BCUT2D eigenvalue weighted by molar-refractivity contribution is 0.414. The molecule has 0 amide bonds. The van der Waals surface area contributed by atoms with E-state index in [4.69, 9.17) is 4.74 Å². The Bertz CT molecular complexity index is 852. The smallest absolute Gasteiger partial charge is 0.224 e. The van der Waals surface area contributed by atoms with E-state index in [2.05, 4.69) is 57.0 Å². The van der Waals surface area contributed by atoms with Crippen molar-refractivity contribution in [2.75, 3.05) is 30.8 Å². The fourth-order valence-electron chi connectivity index (χ4n) is 2.86. The van der Waals surface area contributed by atoms with Gasteiger partial charge in [0.2, 0.25) is 5.95 Å². The van der Waals surface area contributed by atoms with Crippen LogP contribution in [0, 0.1) is 6.92 Å². The van der Waals surface area contributed by atoms with Crippen LogP contribution in [0.25, 0.3) is 0 Å². The number of nitrogens with zero attached hydrogens (tertiary/aromatic N) is 2. The van der Waals surface area contributed by atoms with E-state index >= 15 is 0 Å². The molecule has 0 unspecified atom stereocenters. The average molecular weight is 362 g/mol. The lowest BCUT2D eigenvalue weighted by Crippen LogP contribution is -2.12. The van der Waals surface area contributed by atoms with Crippen LogP contribution in [0.3, 0.4) is 0 Å². The summed E-state index contributed by atoms with van der Waals surface area (Å²) in [5, 5.41) is 6.71. The Kier molecular flexibility index (Phi) is 6.63. The molecule has 3 aromatic rings. The molecule has 0 radical (unpaired) electrons. The van der Waals surface area contributed by atoms with Crippen LogP contribution in [0.5, 0.6) is 5.75 Å². The monoisotopic (exact) mass is 362 g/mol. The van der Waals surface area contributed by atoms with Gasteiger partial charge < -0.3 is 15.4 Å². The Morgan fingerprint density at radius 3 is 2.37 bits per heavy atom. The zero-order valence-corrected chi connectivity index (χ0v) is 15.9. The molecule has 5 heteroatoms. The van der Waals surface area contributed by atoms with Crippen LogP contribution < -0.4 is 15.4 Å². The fraction of sp³-hybridized carbons (Fsp3) is 0.273. The standard InChI is InChI=1S/C22H26N4O/c1-17-15-21(23-13-12-19-9-6-10-20(16-19)27-2)26-22(25-17)24-14-11-18-7-4-3-5-8-18/h3-10,15-16H,11-14H2,1-2H3,(H2,23,24,25,26). The summed E-state index contributed by atoms with van der Waals surface area (Å²) in [7, 11) is 1.69. The van der Waals surface area contributed by atoms with Crippen molar-refractivity contribution in [3.8, 4) is 5.75 Å². The molecule has 0 saturated heterocycles. The summed E-state index contributed by atoms with van der Waals surface area (Å²) in [6.45, 7) is 3.58. The summed E-state index contributed by atoms with van der Waals surface area (Å²) in [5.74, 6) is 2.39. The Hall–Kier alpha value is -3.08. The molecule has 27 heavy (non-hydrogen) atoms. The lowest BCUT2D eigenvalue weighted by Gasteiger charge is -2.10. The summed E-state index contributed by atoms with van der Waals surface area (Å²) in [6, 6.07) is 20.5. The van der Waals surface area contributed by atoms with E-state index in [-0.39, 0.29) is 0 Å². The molecule has 1 aromatic heterocycles. The maximum Gasteiger partial charge on any atom is 0.224 e. The van der Waals surface area contributed by atoms with Crippen molar-refractivity contribution in [3.05, 3.63) is 77.5 Å². The second-order valence-electron chi connectivity index (χ2n) is 6.41. The molecule has 5 nitrogen and oxygen atoms in total. The van der Waals surface area contributed by atoms with Crippen LogP contribution in [0.15, 0.2) is 60.7 Å². The molecule has 3 rings (SSSR count). The first kappa shape index (κ1) is 18.7. The molecular weight excluding hydrogens is 336 g/mol. The molecule has 0 spiro atoms. The molecule has 1 heterocycles. The van der Waals surface area contributed by atoms with Gasteiger partial charge in [-0.3, -0.25) is 0 Å². The van der Waals surface area contributed by atoms with Crippen molar-refractivity contribution in [1.29, 1.82) is 0 Å². The molecule has 2 aromatic carbocycles. The van der Waals surface area contributed by atoms with Crippen molar-refractivity contribution in [1.82, 2.24) is 9.97 Å². The number of nitrogens with one attached hydrogen (secondary N) is 2. The highest BCUT2D eigenvalue weighted by atomic mass is 16.5. The molecule has 0 bridgehead atoms. The Morgan fingerprint density at radius 1 is 0.815 bits per heavy atom. The van der Waals surface area contributed by atoms with E-state index in [1.54, 1.807) is 7.11 Å². The number of methoxy groups -OCH3 is 1. The number of benzene rings is 2. The summed E-state index contributed by atoms with van der Waals surface area (Å²) >= 11 is 0. The number of hydrogen-bond acceptors (Lipinski definition) is 5. The van der Waals surface area contributed by atoms with Gasteiger partial charge >= 0.3 is 0 Å². The summed E-state index contributed by atoms with van der Waals surface area (Å²) in [6.07, 6.45) is 1.84. The molecule has 0 aliphatic carbocycles. The average Bonchev–Trinajstić information content (AvgIpc) is 2.69. The quantitative estimate of drug-likeness (QED) is 0.600. The van der Waals surface area contributed by atoms with E-state index in [1.807, 2.05) is 31.2 Å². The van der Waals surface area contributed by atoms with Crippen LogP contribution in [0.4, 0.5) is 11.8 Å². The minimum atomic E-state index is 0.662. The van der Waals surface area contributed by atoms with Gasteiger partial charge in [0.1, 0.15) is 11.6 Å². The van der Waals surface area contributed by atoms with E-state index < -0.39 is 0 Å². The normalized spacial score (nSPS) is 10.4. The first-order valence-corrected chi connectivity index (χ1v) is 9.23. The molecule has 0 aliphatic rings. The fourth-order valence-corrected chi connectivity index (χ4v) is 2.86. The van der Waals surface area contributed by atoms with E-state index in [0.717, 1.165) is 43.2 Å². The van der Waals surface area contributed by atoms with Gasteiger partial charge in [0, 0.05) is 24.8 Å². The number of anilines is 2. The zero-order valence-electron chi connectivity index (χ0n) is 15.9. The molecule has 0 saturated carbocycles. The molecule has 0 fully saturated rings. The Morgan fingerprint density at radius 2 is 1.56 bits per heavy atom. The number of ether oxygens (including phenoxy) is 1. The SMILES string of the molecule is COc1cccc(CCNc2cc(C)nc(NCCc3ccccc3)n2)c1. The van der Waals surface area contributed by atoms with Crippen molar-refractivity contribution in [2.45, 2.75) is 19.8 Å². The summed E-state index contributed by atoms with van der Waals surface area (Å²) in [5.41, 5.74) is 3.47. The minimum Gasteiger partial charge on any atom is -0.497 e. The Balaban J connectivity index is 1.51. The van der Waals surface area contributed by atoms with Crippen molar-refractivity contribution >= 4 is 11.8 Å². The molecule has 0 aliphatic heterocycles. The van der Waals surface area contributed by atoms with Gasteiger partial charge in [-0.1, -0.05) is 42.5 Å². The van der Waals surface area contributed by atoms with Crippen LogP contribution in [0.1, 0.15) is 16.8 Å². The van der Waals surface area contributed by atoms with Gasteiger partial charge in [0.05, 0.1) is 7.11 Å². The summed E-state index contributed by atoms with van der Waals surface area (Å²) in [4.78, 5) is 9.05. The van der Waals surface area contributed by atoms with Crippen molar-refractivity contribution < 1.29 is 4.74 Å². The minimum absolute atomic E-state index is 0.662. The van der Waals surface area contributed by atoms with Gasteiger partial charge in [-0.25, -0.2) is 4.98 Å². The van der Waals surface area contributed by atoms with Crippen molar-refractivity contribution in [3.63, 3.8) is 0 Å². The molecule has 0 atom stereocenters. The van der Waals surface area contributed by atoms with E-state index in [1.165, 1.54) is 11.1 Å². The van der Waals surface area contributed by atoms with Crippen LogP contribution in [-0.2, 0) is 12.8 Å². The second kappa shape index (κ2) is 9.57. The highest BCUT2D eigenvalue weighted by molar-refractivity contribution is 5.42. The van der Waals surface area contributed by atoms with Crippen LogP contribution in [0.2, 0.25) is 0 Å². The number of hydrogen-bond donors (Lipinski definition) is 2. The molecular formula is C22H26N4O. The van der Waals surface area contributed by atoms with Gasteiger partial charge in [-0.05, 0) is 43.0 Å². The highest BCUT2D eigenvalue weighted by Crippen LogP contribution is 2.14. The van der Waals surface area contributed by atoms with Crippen LogP contribution in [-0.4, -0.2) is 30.2 Å². The molecule has 140 valence electrons. The number of rotatable bonds is 9. The third-order valence-corrected chi connectivity index (χ3v) is 4.25. The summed E-state index contributed by atoms with van der Waals surface area (Å²) < 4.78 is 5.27. The molecule has 2 N–H and O–H groups in total. The number of aromatic nitrogens is 2. The third kappa shape index (κ3) is 5.99. The van der Waals surface area contributed by atoms with E-state index in [9.17, 15) is 0 Å².